The van der Waals surface area contributed by atoms with Crippen molar-refractivity contribution in [3.8, 4) is 11.5 Å². The lowest BCUT2D eigenvalue weighted by molar-refractivity contribution is -0.136. The molecule has 0 aromatic heterocycles. The number of hydrogen-bond acceptors (Lipinski definition) is 5. The van der Waals surface area contributed by atoms with Gasteiger partial charge in [-0.15, -0.1) is 0 Å². The van der Waals surface area contributed by atoms with Crippen LogP contribution in [-0.2, 0) is 9.63 Å². The molecule has 25 heavy (non-hydrogen) atoms. The minimum atomic E-state index is -0.559. The summed E-state index contributed by atoms with van der Waals surface area (Å²) < 4.78 is 10.5. The third kappa shape index (κ3) is 3.48. The fraction of sp³-hybridized carbons (Fsp3) is 0.111. The lowest BCUT2D eigenvalue weighted by atomic mass is 10.00. The van der Waals surface area contributed by atoms with Crippen LogP contribution in [0.5, 0.6) is 11.5 Å². The van der Waals surface area contributed by atoms with Gasteiger partial charge in [-0.3, -0.25) is 0 Å². The van der Waals surface area contributed by atoms with Gasteiger partial charge in [0.25, 0.3) is 0 Å². The molecule has 0 bridgehead atoms. The second-order valence-corrected chi connectivity index (χ2v) is 5.96. The molecule has 0 aliphatic carbocycles. The van der Waals surface area contributed by atoms with Gasteiger partial charge in [0, 0.05) is 15.6 Å². The highest BCUT2D eigenvalue weighted by Gasteiger charge is 2.27. The van der Waals surface area contributed by atoms with Crippen molar-refractivity contribution < 1.29 is 19.1 Å². The minimum Gasteiger partial charge on any atom is -0.493 e. The fourth-order valence-electron chi connectivity index (χ4n) is 2.38. The number of carbonyl (C=O) groups excluding carboxylic acids is 1. The van der Waals surface area contributed by atoms with E-state index in [1.165, 1.54) is 7.11 Å². The molecule has 0 unspecified atom stereocenters. The van der Waals surface area contributed by atoms with Crippen LogP contribution in [0.4, 0.5) is 0 Å². The summed E-state index contributed by atoms with van der Waals surface area (Å²) in [5.74, 6) is 0.532. The third-order valence-electron chi connectivity index (χ3n) is 3.61. The predicted octanol–water partition coefficient (Wildman–Crippen LogP) is 4.36. The first-order valence-electron chi connectivity index (χ1n) is 7.22. The van der Waals surface area contributed by atoms with E-state index < -0.39 is 5.97 Å². The van der Waals surface area contributed by atoms with Crippen molar-refractivity contribution in [2.75, 3.05) is 14.2 Å². The van der Waals surface area contributed by atoms with E-state index in [0.717, 1.165) is 0 Å². The molecule has 1 heterocycles. The fourth-order valence-corrected chi connectivity index (χ4v) is 2.84. The Morgan fingerprint density at radius 2 is 1.80 bits per heavy atom. The number of benzene rings is 2. The number of halogens is 2. The summed E-state index contributed by atoms with van der Waals surface area (Å²) in [5, 5.41) is 4.81. The van der Waals surface area contributed by atoms with Crippen LogP contribution in [0.25, 0.3) is 6.08 Å². The summed E-state index contributed by atoms with van der Waals surface area (Å²) in [6, 6.07) is 10.2. The van der Waals surface area contributed by atoms with Gasteiger partial charge in [0.05, 0.1) is 19.8 Å². The number of hydrogen-bond donors (Lipinski definition) is 0. The highest BCUT2D eigenvalue weighted by atomic mass is 35.5. The average Bonchev–Trinajstić information content (AvgIpc) is 2.97. The van der Waals surface area contributed by atoms with E-state index in [1.807, 2.05) is 0 Å². The first-order chi connectivity index (χ1) is 12.0. The standard InChI is InChI=1S/C18H13Cl2NO4/c1-23-15-6-4-11(8-16(15)24-2)17-13(18(22)25-21-17)7-10-3-5-12(19)9-14(10)20/h3-9H,1-2H3/b13-7-. The molecule has 0 saturated heterocycles. The number of methoxy groups -OCH3 is 2. The van der Waals surface area contributed by atoms with Crippen LogP contribution in [0.1, 0.15) is 11.1 Å². The van der Waals surface area contributed by atoms with Crippen molar-refractivity contribution >= 4 is 41.0 Å². The Labute approximate surface area is 154 Å². The quantitative estimate of drug-likeness (QED) is 0.586. The topological polar surface area (TPSA) is 57.1 Å². The zero-order valence-electron chi connectivity index (χ0n) is 13.4. The molecule has 0 N–H and O–H groups in total. The van der Waals surface area contributed by atoms with Crippen LogP contribution in [0.15, 0.2) is 47.1 Å². The van der Waals surface area contributed by atoms with Crippen LogP contribution in [0, 0.1) is 0 Å². The summed E-state index contributed by atoms with van der Waals surface area (Å²) in [7, 11) is 3.08. The van der Waals surface area contributed by atoms with E-state index in [1.54, 1.807) is 49.6 Å². The van der Waals surface area contributed by atoms with Crippen LogP contribution < -0.4 is 9.47 Å². The molecule has 0 amide bonds. The highest BCUT2D eigenvalue weighted by Crippen LogP contribution is 2.31. The molecule has 3 rings (SSSR count). The predicted molar refractivity (Wildman–Crippen MR) is 96.6 cm³/mol. The zero-order valence-corrected chi connectivity index (χ0v) is 14.9. The van der Waals surface area contributed by atoms with Gasteiger partial charge in [0.2, 0.25) is 0 Å². The van der Waals surface area contributed by atoms with E-state index in [-0.39, 0.29) is 5.57 Å². The van der Waals surface area contributed by atoms with Gasteiger partial charge >= 0.3 is 5.97 Å². The maximum Gasteiger partial charge on any atom is 0.368 e. The van der Waals surface area contributed by atoms with E-state index in [9.17, 15) is 4.79 Å². The summed E-state index contributed by atoms with van der Waals surface area (Å²) in [6.07, 6.45) is 1.61. The summed E-state index contributed by atoms with van der Waals surface area (Å²) in [6.45, 7) is 0. The molecule has 0 fully saturated rings. The smallest absolute Gasteiger partial charge is 0.368 e. The van der Waals surface area contributed by atoms with E-state index in [4.69, 9.17) is 37.5 Å². The Morgan fingerprint density at radius 3 is 2.48 bits per heavy atom. The van der Waals surface area contributed by atoms with Gasteiger partial charge in [-0.05, 0) is 42.0 Å². The second kappa shape index (κ2) is 7.17. The van der Waals surface area contributed by atoms with Crippen molar-refractivity contribution in [3.05, 3.63) is 63.1 Å². The molecule has 0 radical (unpaired) electrons. The Bertz CT molecular complexity index is 906. The van der Waals surface area contributed by atoms with E-state index >= 15 is 0 Å². The first kappa shape index (κ1) is 17.3. The lowest BCUT2D eigenvalue weighted by Gasteiger charge is -2.09. The Balaban J connectivity index is 2.04. The van der Waals surface area contributed by atoms with Crippen molar-refractivity contribution in [3.63, 3.8) is 0 Å². The number of oxime groups is 1. The zero-order chi connectivity index (χ0) is 18.0. The number of ether oxygens (including phenoxy) is 2. The third-order valence-corrected chi connectivity index (χ3v) is 4.18. The van der Waals surface area contributed by atoms with Gasteiger partial charge in [0.1, 0.15) is 5.71 Å². The summed E-state index contributed by atoms with van der Waals surface area (Å²) in [5.41, 5.74) is 1.96. The molecular formula is C18H13Cl2NO4. The Kier molecular flexibility index (Phi) is 4.97. The molecule has 0 saturated carbocycles. The Hall–Kier alpha value is -2.50. The van der Waals surface area contributed by atoms with Crippen molar-refractivity contribution in [2.24, 2.45) is 5.16 Å². The molecule has 1 aliphatic rings. The van der Waals surface area contributed by atoms with Crippen molar-refractivity contribution in [1.82, 2.24) is 0 Å². The number of rotatable bonds is 4. The van der Waals surface area contributed by atoms with Gasteiger partial charge in [-0.25, -0.2) is 4.79 Å². The molecule has 0 atom stereocenters. The monoisotopic (exact) mass is 377 g/mol. The highest BCUT2D eigenvalue weighted by molar-refractivity contribution is 6.36. The van der Waals surface area contributed by atoms with Gasteiger partial charge in [-0.1, -0.05) is 34.4 Å². The SMILES string of the molecule is COc1ccc(C2=NOC(=O)/C2=C\c2ccc(Cl)cc2Cl)cc1OC. The molecule has 7 heteroatoms. The summed E-state index contributed by atoms with van der Waals surface area (Å²) in [4.78, 5) is 16.9. The normalized spacial score (nSPS) is 15.1. The van der Waals surface area contributed by atoms with Gasteiger partial charge in [0.15, 0.2) is 11.5 Å². The van der Waals surface area contributed by atoms with Crippen LogP contribution in [0.2, 0.25) is 10.0 Å². The second-order valence-electron chi connectivity index (χ2n) is 5.11. The first-order valence-corrected chi connectivity index (χ1v) is 7.98. The molecule has 2 aromatic carbocycles. The van der Waals surface area contributed by atoms with Crippen molar-refractivity contribution in [1.29, 1.82) is 0 Å². The number of carbonyl (C=O) groups is 1. The minimum absolute atomic E-state index is 0.288. The van der Waals surface area contributed by atoms with Gasteiger partial charge in [-0.2, -0.15) is 0 Å². The van der Waals surface area contributed by atoms with Crippen LogP contribution in [-0.4, -0.2) is 25.9 Å². The molecule has 2 aromatic rings. The molecule has 0 spiro atoms. The largest absolute Gasteiger partial charge is 0.493 e. The summed E-state index contributed by atoms with van der Waals surface area (Å²) >= 11 is 12.1. The van der Waals surface area contributed by atoms with Crippen LogP contribution >= 0.6 is 23.2 Å². The van der Waals surface area contributed by atoms with E-state index in [2.05, 4.69) is 5.16 Å². The van der Waals surface area contributed by atoms with Gasteiger partial charge < -0.3 is 14.3 Å². The lowest BCUT2D eigenvalue weighted by Crippen LogP contribution is -2.07. The molecule has 128 valence electrons. The molecule has 1 aliphatic heterocycles. The maximum absolute atomic E-state index is 12.1. The number of nitrogens with zero attached hydrogens (tertiary/aromatic N) is 1. The molecule has 5 nitrogen and oxygen atoms in total. The Morgan fingerprint density at radius 1 is 1.04 bits per heavy atom. The maximum atomic E-state index is 12.1. The average molecular weight is 378 g/mol. The van der Waals surface area contributed by atoms with E-state index in [0.29, 0.717) is 38.4 Å². The van der Waals surface area contributed by atoms with Crippen LogP contribution in [0.3, 0.4) is 0 Å². The van der Waals surface area contributed by atoms with Crippen molar-refractivity contribution in [2.45, 2.75) is 0 Å². The molecular weight excluding hydrogens is 365 g/mol.